The van der Waals surface area contributed by atoms with E-state index in [1.165, 1.54) is 28.4 Å². The molecule has 0 saturated carbocycles. The van der Waals surface area contributed by atoms with E-state index < -0.39 is 5.97 Å². The molecule has 1 heterocycles. The fraction of sp³-hybridized carbons (Fsp3) is 0.238. The Morgan fingerprint density at radius 2 is 1.45 bits per heavy atom. The van der Waals surface area contributed by atoms with Crippen molar-refractivity contribution < 1.29 is 33.2 Å². The third-order valence-electron chi connectivity index (χ3n) is 4.26. The van der Waals surface area contributed by atoms with Crippen LogP contribution in [0.3, 0.4) is 0 Å². The number of esters is 1. The number of methoxy groups -OCH3 is 5. The monoisotopic (exact) mass is 399 g/mol. The molecule has 0 aliphatic carbocycles. The fourth-order valence-corrected chi connectivity index (χ4v) is 2.91. The first-order chi connectivity index (χ1) is 14.1. The molecule has 8 nitrogen and oxygen atoms in total. The second-order valence-corrected chi connectivity index (χ2v) is 5.83. The van der Waals surface area contributed by atoms with Crippen LogP contribution in [0, 0.1) is 0 Å². The van der Waals surface area contributed by atoms with Gasteiger partial charge in [0.05, 0.1) is 35.5 Å². The Kier molecular flexibility index (Phi) is 5.92. The Morgan fingerprint density at radius 3 is 2.00 bits per heavy atom. The van der Waals surface area contributed by atoms with Gasteiger partial charge in [-0.1, -0.05) is 12.1 Å². The normalized spacial score (nSPS) is 14.3. The van der Waals surface area contributed by atoms with Gasteiger partial charge >= 0.3 is 5.97 Å². The molecular weight excluding hydrogens is 378 g/mol. The molecule has 0 atom stereocenters. The summed E-state index contributed by atoms with van der Waals surface area (Å²) in [5.74, 6) is 1.86. The summed E-state index contributed by atoms with van der Waals surface area (Å²) in [5, 5.41) is 0. The van der Waals surface area contributed by atoms with Crippen LogP contribution in [0.4, 0.5) is 0 Å². The first kappa shape index (κ1) is 20.1. The van der Waals surface area contributed by atoms with Crippen LogP contribution in [0.5, 0.6) is 28.7 Å². The van der Waals surface area contributed by atoms with Gasteiger partial charge in [-0.25, -0.2) is 9.79 Å². The topological polar surface area (TPSA) is 84.8 Å². The summed E-state index contributed by atoms with van der Waals surface area (Å²) in [5.41, 5.74) is 1.27. The van der Waals surface area contributed by atoms with Crippen LogP contribution in [0.1, 0.15) is 11.1 Å². The van der Waals surface area contributed by atoms with Crippen LogP contribution in [-0.4, -0.2) is 47.4 Å². The van der Waals surface area contributed by atoms with Crippen molar-refractivity contribution in [3.8, 4) is 28.7 Å². The average Bonchev–Trinajstić information content (AvgIpc) is 3.12. The number of aliphatic imine (C=N–C) groups is 1. The Labute approximate surface area is 168 Å². The Hall–Kier alpha value is -3.68. The molecule has 1 aliphatic heterocycles. The van der Waals surface area contributed by atoms with Gasteiger partial charge in [0, 0.05) is 11.1 Å². The second kappa shape index (κ2) is 8.55. The molecule has 0 amide bonds. The van der Waals surface area contributed by atoms with Gasteiger partial charge in [-0.05, 0) is 24.3 Å². The third kappa shape index (κ3) is 3.82. The van der Waals surface area contributed by atoms with E-state index in [1.807, 2.05) is 0 Å². The van der Waals surface area contributed by atoms with Gasteiger partial charge in [0.15, 0.2) is 28.7 Å². The van der Waals surface area contributed by atoms with Gasteiger partial charge < -0.3 is 28.4 Å². The maximum atomic E-state index is 12.4. The highest BCUT2D eigenvalue weighted by Crippen LogP contribution is 2.39. The van der Waals surface area contributed by atoms with Gasteiger partial charge in [0.2, 0.25) is 11.6 Å². The molecule has 29 heavy (non-hydrogen) atoms. The van der Waals surface area contributed by atoms with Crippen molar-refractivity contribution in [2.75, 3.05) is 35.5 Å². The Morgan fingerprint density at radius 1 is 0.828 bits per heavy atom. The third-order valence-corrected chi connectivity index (χ3v) is 4.26. The summed E-state index contributed by atoms with van der Waals surface area (Å²) < 4.78 is 32.0. The number of nitrogens with zero attached hydrogens (tertiary/aromatic N) is 1. The largest absolute Gasteiger partial charge is 0.493 e. The predicted octanol–water partition coefficient (Wildman–Crippen LogP) is 3.07. The molecule has 0 N–H and O–H groups in total. The quantitative estimate of drug-likeness (QED) is 0.522. The number of rotatable bonds is 7. The molecule has 0 spiro atoms. The molecule has 0 bridgehead atoms. The van der Waals surface area contributed by atoms with E-state index in [-0.39, 0.29) is 11.6 Å². The number of cyclic esters (lactones) is 1. The molecule has 3 rings (SSSR count). The summed E-state index contributed by atoms with van der Waals surface area (Å²) in [7, 11) is 7.58. The van der Waals surface area contributed by atoms with E-state index in [4.69, 9.17) is 28.4 Å². The fourth-order valence-electron chi connectivity index (χ4n) is 2.91. The van der Waals surface area contributed by atoms with Gasteiger partial charge in [-0.3, -0.25) is 0 Å². The van der Waals surface area contributed by atoms with Crippen LogP contribution in [0.2, 0.25) is 0 Å². The second-order valence-electron chi connectivity index (χ2n) is 5.83. The SMILES string of the molecule is COc1cccc(C=C2N=C(c3cc(OC)c(OC)c(OC)c3)OC2=O)c1OC. The van der Waals surface area contributed by atoms with Crippen molar-refractivity contribution in [2.45, 2.75) is 0 Å². The molecular formula is C21H21NO7. The van der Waals surface area contributed by atoms with Crippen molar-refractivity contribution in [1.29, 1.82) is 0 Å². The maximum Gasteiger partial charge on any atom is 0.363 e. The highest BCUT2D eigenvalue weighted by Gasteiger charge is 2.27. The molecule has 0 radical (unpaired) electrons. The number of ether oxygens (including phenoxy) is 6. The minimum absolute atomic E-state index is 0.125. The first-order valence-corrected chi connectivity index (χ1v) is 8.60. The molecule has 0 unspecified atom stereocenters. The molecule has 0 fully saturated rings. The number of hydrogen-bond donors (Lipinski definition) is 0. The van der Waals surface area contributed by atoms with Crippen LogP contribution < -0.4 is 23.7 Å². The lowest BCUT2D eigenvalue weighted by atomic mass is 10.1. The molecule has 8 heteroatoms. The Bertz CT molecular complexity index is 970. The smallest absolute Gasteiger partial charge is 0.363 e. The van der Waals surface area contributed by atoms with Crippen LogP contribution >= 0.6 is 0 Å². The minimum Gasteiger partial charge on any atom is -0.493 e. The van der Waals surface area contributed by atoms with E-state index >= 15 is 0 Å². The number of benzene rings is 2. The van der Waals surface area contributed by atoms with E-state index in [0.717, 1.165) is 0 Å². The van der Waals surface area contributed by atoms with E-state index in [2.05, 4.69) is 4.99 Å². The van der Waals surface area contributed by atoms with Gasteiger partial charge in [0.1, 0.15) is 0 Å². The number of carbonyl (C=O) groups is 1. The zero-order chi connectivity index (χ0) is 21.0. The lowest BCUT2D eigenvalue weighted by Crippen LogP contribution is -2.07. The van der Waals surface area contributed by atoms with E-state index in [9.17, 15) is 4.79 Å². The van der Waals surface area contributed by atoms with E-state index in [1.54, 1.807) is 43.5 Å². The van der Waals surface area contributed by atoms with Crippen LogP contribution in [0.15, 0.2) is 41.0 Å². The molecule has 2 aromatic carbocycles. The minimum atomic E-state index is -0.585. The van der Waals surface area contributed by atoms with Crippen LogP contribution in [0.25, 0.3) is 6.08 Å². The summed E-state index contributed by atoms with van der Waals surface area (Å²) in [6, 6.07) is 8.65. The highest BCUT2D eigenvalue weighted by molar-refractivity contribution is 6.13. The number of para-hydroxylation sites is 1. The lowest BCUT2D eigenvalue weighted by Gasteiger charge is -2.13. The average molecular weight is 399 g/mol. The summed E-state index contributed by atoms with van der Waals surface area (Å²) in [4.78, 5) is 16.7. The standard InChI is InChI=1S/C21H21NO7/c1-24-15-8-6-7-12(18(15)27-4)9-14-21(23)29-20(22-14)13-10-16(25-2)19(28-5)17(11-13)26-3/h6-11H,1-5H3. The van der Waals surface area contributed by atoms with Crippen molar-refractivity contribution in [1.82, 2.24) is 0 Å². The maximum absolute atomic E-state index is 12.4. The van der Waals surface area contributed by atoms with Crippen molar-refractivity contribution in [3.63, 3.8) is 0 Å². The van der Waals surface area contributed by atoms with Gasteiger partial charge in [-0.15, -0.1) is 0 Å². The molecule has 2 aromatic rings. The van der Waals surface area contributed by atoms with Gasteiger partial charge in [0.25, 0.3) is 0 Å². The first-order valence-electron chi connectivity index (χ1n) is 8.60. The summed E-state index contributed by atoms with van der Waals surface area (Å²) in [6.07, 6.45) is 1.58. The lowest BCUT2D eigenvalue weighted by molar-refractivity contribution is -0.129. The number of carbonyl (C=O) groups excluding carboxylic acids is 1. The Balaban J connectivity index is 2.04. The zero-order valence-electron chi connectivity index (χ0n) is 16.8. The van der Waals surface area contributed by atoms with E-state index in [0.29, 0.717) is 39.9 Å². The number of hydrogen-bond acceptors (Lipinski definition) is 8. The van der Waals surface area contributed by atoms with Crippen molar-refractivity contribution in [2.24, 2.45) is 4.99 Å². The molecule has 0 aromatic heterocycles. The predicted molar refractivity (Wildman–Crippen MR) is 106 cm³/mol. The van der Waals surface area contributed by atoms with Crippen LogP contribution in [-0.2, 0) is 9.53 Å². The highest BCUT2D eigenvalue weighted by atomic mass is 16.6. The summed E-state index contributed by atoms with van der Waals surface area (Å²) >= 11 is 0. The molecule has 0 saturated heterocycles. The summed E-state index contributed by atoms with van der Waals surface area (Å²) in [6.45, 7) is 0. The van der Waals surface area contributed by atoms with Crippen molar-refractivity contribution >= 4 is 17.9 Å². The molecule has 152 valence electrons. The van der Waals surface area contributed by atoms with Gasteiger partial charge in [-0.2, -0.15) is 0 Å². The van der Waals surface area contributed by atoms with Crippen molar-refractivity contribution in [3.05, 3.63) is 47.2 Å². The molecule has 1 aliphatic rings. The zero-order valence-corrected chi connectivity index (χ0v) is 16.8.